The van der Waals surface area contributed by atoms with Crippen LogP contribution in [-0.2, 0) is 6.54 Å². The Hall–Kier alpha value is -2.01. The van der Waals surface area contributed by atoms with E-state index in [1.165, 1.54) is 22.8 Å². The molecular weight excluding hydrogens is 258 g/mol. The first-order valence-corrected chi connectivity index (χ1v) is 5.63. The van der Waals surface area contributed by atoms with Gasteiger partial charge in [0, 0.05) is 17.0 Å². The lowest BCUT2D eigenvalue weighted by atomic mass is 10.1. The van der Waals surface area contributed by atoms with Crippen molar-refractivity contribution in [3.05, 3.63) is 39.1 Å². The van der Waals surface area contributed by atoms with Gasteiger partial charge in [-0.05, 0) is 25.1 Å². The van der Waals surface area contributed by atoms with Gasteiger partial charge in [-0.25, -0.2) is 4.79 Å². The average Bonchev–Trinajstić information content (AvgIpc) is 2.28. The van der Waals surface area contributed by atoms with E-state index in [0.29, 0.717) is 15.9 Å². The molecule has 0 saturated carbocycles. The van der Waals surface area contributed by atoms with Crippen molar-refractivity contribution in [2.75, 3.05) is 0 Å². The summed E-state index contributed by atoms with van der Waals surface area (Å²) in [6, 6.07) is 4.54. The Morgan fingerprint density at radius 1 is 1.44 bits per heavy atom. The standard InChI is InChI=1S/C12H10ClNO4/c1-2-14-8-5-6(13)3-4-7(8)10(15)9(11(14)16)12(17)18/h3-5,15H,2H2,1H3,(H,17,18). The Balaban J connectivity index is 3.05. The maximum atomic E-state index is 12.0. The van der Waals surface area contributed by atoms with E-state index in [2.05, 4.69) is 0 Å². The summed E-state index contributed by atoms with van der Waals surface area (Å²) in [7, 11) is 0. The molecule has 0 radical (unpaired) electrons. The zero-order valence-electron chi connectivity index (χ0n) is 9.48. The molecule has 0 spiro atoms. The lowest BCUT2D eigenvalue weighted by molar-refractivity contribution is 0.0691. The van der Waals surface area contributed by atoms with E-state index < -0.39 is 22.8 Å². The van der Waals surface area contributed by atoms with E-state index >= 15 is 0 Å². The van der Waals surface area contributed by atoms with Crippen LogP contribution in [0.15, 0.2) is 23.0 Å². The number of aryl methyl sites for hydroxylation is 1. The molecule has 0 bridgehead atoms. The Kier molecular flexibility index (Phi) is 3.00. The zero-order valence-corrected chi connectivity index (χ0v) is 10.2. The van der Waals surface area contributed by atoms with Crippen LogP contribution in [0.1, 0.15) is 17.3 Å². The molecule has 0 fully saturated rings. The fourth-order valence-corrected chi connectivity index (χ4v) is 2.08. The number of hydrogen-bond donors (Lipinski definition) is 2. The fraction of sp³-hybridized carbons (Fsp3) is 0.167. The summed E-state index contributed by atoms with van der Waals surface area (Å²) in [5.41, 5.74) is -0.943. The van der Waals surface area contributed by atoms with Gasteiger partial charge >= 0.3 is 5.97 Å². The van der Waals surface area contributed by atoms with Crippen molar-refractivity contribution in [3.8, 4) is 5.75 Å². The minimum absolute atomic E-state index is 0.288. The predicted molar refractivity (Wildman–Crippen MR) is 67.5 cm³/mol. The van der Waals surface area contributed by atoms with Gasteiger partial charge < -0.3 is 14.8 Å². The van der Waals surface area contributed by atoms with Gasteiger partial charge in [0.15, 0.2) is 5.56 Å². The molecule has 1 heterocycles. The molecule has 18 heavy (non-hydrogen) atoms. The lowest BCUT2D eigenvalue weighted by Gasteiger charge is -2.11. The number of hydrogen-bond acceptors (Lipinski definition) is 3. The molecule has 0 aliphatic carbocycles. The van der Waals surface area contributed by atoms with Crippen molar-refractivity contribution in [2.24, 2.45) is 0 Å². The minimum atomic E-state index is -1.45. The van der Waals surface area contributed by atoms with Crippen LogP contribution in [0.5, 0.6) is 5.75 Å². The summed E-state index contributed by atoms with van der Waals surface area (Å²) in [5.74, 6) is -1.97. The molecule has 94 valence electrons. The highest BCUT2D eigenvalue weighted by atomic mass is 35.5. The molecule has 1 aromatic carbocycles. The monoisotopic (exact) mass is 267 g/mol. The number of carboxylic acid groups (broad SMARTS) is 1. The number of aromatic nitrogens is 1. The van der Waals surface area contributed by atoms with Crippen LogP contribution >= 0.6 is 11.6 Å². The summed E-state index contributed by atoms with van der Waals surface area (Å²) < 4.78 is 1.27. The predicted octanol–water partition coefficient (Wildman–Crippen LogP) is 2.08. The van der Waals surface area contributed by atoms with Crippen molar-refractivity contribution in [2.45, 2.75) is 13.5 Å². The molecule has 0 aliphatic heterocycles. The van der Waals surface area contributed by atoms with E-state index in [9.17, 15) is 14.7 Å². The van der Waals surface area contributed by atoms with Gasteiger partial charge in [0.05, 0.1) is 5.52 Å². The number of carboxylic acids is 1. The molecule has 2 aromatic rings. The molecule has 0 unspecified atom stereocenters. The highest BCUT2D eigenvalue weighted by Crippen LogP contribution is 2.28. The van der Waals surface area contributed by atoms with Crippen LogP contribution in [0.25, 0.3) is 10.9 Å². The highest BCUT2D eigenvalue weighted by Gasteiger charge is 2.21. The Labute approximate surface area is 107 Å². The molecule has 2 rings (SSSR count). The number of aromatic carboxylic acids is 1. The first-order valence-electron chi connectivity index (χ1n) is 5.25. The van der Waals surface area contributed by atoms with Crippen LogP contribution in [0.2, 0.25) is 5.02 Å². The molecule has 6 heteroatoms. The lowest BCUT2D eigenvalue weighted by Crippen LogP contribution is -2.26. The van der Waals surface area contributed by atoms with E-state index in [-0.39, 0.29) is 6.54 Å². The number of nitrogens with zero attached hydrogens (tertiary/aromatic N) is 1. The molecule has 0 amide bonds. The van der Waals surface area contributed by atoms with Gasteiger partial charge in [0.2, 0.25) is 0 Å². The molecule has 0 saturated heterocycles. The van der Waals surface area contributed by atoms with Gasteiger partial charge in [-0.1, -0.05) is 11.6 Å². The SMILES string of the molecule is CCn1c(=O)c(C(=O)O)c(O)c2ccc(Cl)cc21. The highest BCUT2D eigenvalue weighted by molar-refractivity contribution is 6.31. The number of aromatic hydroxyl groups is 1. The maximum Gasteiger partial charge on any atom is 0.345 e. The second-order valence-electron chi connectivity index (χ2n) is 3.74. The van der Waals surface area contributed by atoms with Crippen LogP contribution in [-0.4, -0.2) is 20.7 Å². The smallest absolute Gasteiger partial charge is 0.345 e. The van der Waals surface area contributed by atoms with Crippen LogP contribution < -0.4 is 5.56 Å². The van der Waals surface area contributed by atoms with Crippen LogP contribution in [0, 0.1) is 0 Å². The Morgan fingerprint density at radius 2 is 2.11 bits per heavy atom. The van der Waals surface area contributed by atoms with Gasteiger partial charge in [-0.3, -0.25) is 4.79 Å². The number of carbonyl (C=O) groups is 1. The van der Waals surface area contributed by atoms with Gasteiger partial charge in [-0.2, -0.15) is 0 Å². The van der Waals surface area contributed by atoms with Crippen molar-refractivity contribution < 1.29 is 15.0 Å². The number of halogens is 1. The van der Waals surface area contributed by atoms with Crippen LogP contribution in [0.3, 0.4) is 0 Å². The molecular formula is C12H10ClNO4. The van der Waals surface area contributed by atoms with Crippen molar-refractivity contribution in [1.29, 1.82) is 0 Å². The van der Waals surface area contributed by atoms with E-state index in [1.54, 1.807) is 6.92 Å². The number of pyridine rings is 1. The summed E-state index contributed by atoms with van der Waals surface area (Å²) in [4.78, 5) is 23.0. The molecule has 1 aromatic heterocycles. The molecule has 0 aliphatic rings. The third-order valence-corrected chi connectivity index (χ3v) is 2.97. The first kappa shape index (κ1) is 12.4. The minimum Gasteiger partial charge on any atom is -0.506 e. The van der Waals surface area contributed by atoms with E-state index in [4.69, 9.17) is 16.7 Å². The quantitative estimate of drug-likeness (QED) is 0.873. The third kappa shape index (κ3) is 1.73. The van der Waals surface area contributed by atoms with Crippen molar-refractivity contribution >= 4 is 28.5 Å². The normalized spacial score (nSPS) is 10.8. The average molecular weight is 268 g/mol. The topological polar surface area (TPSA) is 79.5 Å². The largest absolute Gasteiger partial charge is 0.506 e. The van der Waals surface area contributed by atoms with E-state index in [0.717, 1.165) is 0 Å². The summed E-state index contributed by atoms with van der Waals surface area (Å²) in [6.07, 6.45) is 0. The van der Waals surface area contributed by atoms with Crippen molar-refractivity contribution in [3.63, 3.8) is 0 Å². The second kappa shape index (κ2) is 4.34. The fourth-order valence-electron chi connectivity index (χ4n) is 1.92. The van der Waals surface area contributed by atoms with Crippen LogP contribution in [0.4, 0.5) is 0 Å². The van der Waals surface area contributed by atoms with Gasteiger partial charge in [-0.15, -0.1) is 0 Å². The van der Waals surface area contributed by atoms with E-state index in [1.807, 2.05) is 0 Å². The Bertz CT molecular complexity index is 705. The third-order valence-electron chi connectivity index (χ3n) is 2.73. The Morgan fingerprint density at radius 3 is 2.67 bits per heavy atom. The number of benzene rings is 1. The van der Waals surface area contributed by atoms with Gasteiger partial charge in [0.1, 0.15) is 5.75 Å². The summed E-state index contributed by atoms with van der Waals surface area (Å²) in [5, 5.41) is 19.6. The number of fused-ring (bicyclic) bond motifs is 1. The first-order chi connectivity index (χ1) is 8.47. The second-order valence-corrected chi connectivity index (χ2v) is 4.18. The molecule has 5 nitrogen and oxygen atoms in total. The zero-order chi connectivity index (χ0) is 13.4. The molecule has 2 N–H and O–H groups in total. The van der Waals surface area contributed by atoms with Crippen molar-refractivity contribution in [1.82, 2.24) is 4.57 Å². The maximum absolute atomic E-state index is 12.0. The van der Waals surface area contributed by atoms with Gasteiger partial charge in [0.25, 0.3) is 5.56 Å². The summed E-state index contributed by atoms with van der Waals surface area (Å²) in [6.45, 7) is 2.00. The summed E-state index contributed by atoms with van der Waals surface area (Å²) >= 11 is 5.84. The molecule has 0 atom stereocenters. The number of rotatable bonds is 2.